The smallest absolute Gasteiger partial charge is 0.272 e. The maximum absolute atomic E-state index is 12.6. The fourth-order valence-corrected chi connectivity index (χ4v) is 2.57. The molecule has 0 bridgehead atoms. The Kier molecular flexibility index (Phi) is 3.62. The first-order valence-electron chi connectivity index (χ1n) is 6.87. The summed E-state index contributed by atoms with van der Waals surface area (Å²) in [6.07, 6.45) is 0. The van der Waals surface area contributed by atoms with E-state index in [0.717, 1.165) is 24.0 Å². The van der Waals surface area contributed by atoms with Crippen molar-refractivity contribution in [2.24, 2.45) is 5.73 Å². The summed E-state index contributed by atoms with van der Waals surface area (Å²) >= 11 is 0. The minimum atomic E-state index is -0.0345. The molecule has 1 amide bonds. The molecule has 0 saturated carbocycles. The van der Waals surface area contributed by atoms with Crippen LogP contribution in [0, 0.1) is 0 Å². The molecule has 3 rings (SSSR count). The van der Waals surface area contributed by atoms with Crippen molar-refractivity contribution in [1.29, 1.82) is 0 Å². The molecule has 3 N–H and O–H groups in total. The standard InChI is InChI=1S/C15H18N4O/c16-9-12-10-17-7-8-19(12)15(20)14-6-5-11-3-1-2-4-13(11)18-14/h1-6,12,17H,7-10,16H2. The number of nitrogens with zero attached hydrogens (tertiary/aromatic N) is 2. The summed E-state index contributed by atoms with van der Waals surface area (Å²) in [5, 5.41) is 4.30. The molecule has 2 heterocycles. The highest BCUT2D eigenvalue weighted by Gasteiger charge is 2.27. The molecule has 0 spiro atoms. The molecule has 0 radical (unpaired) electrons. The highest BCUT2D eigenvalue weighted by atomic mass is 16.2. The lowest BCUT2D eigenvalue weighted by Gasteiger charge is -2.35. The van der Waals surface area contributed by atoms with Crippen molar-refractivity contribution >= 4 is 16.8 Å². The average Bonchev–Trinajstić information content (AvgIpc) is 2.53. The Morgan fingerprint density at radius 1 is 1.35 bits per heavy atom. The second-order valence-electron chi connectivity index (χ2n) is 4.98. The quantitative estimate of drug-likeness (QED) is 0.838. The van der Waals surface area contributed by atoms with Crippen LogP contribution in [0.25, 0.3) is 10.9 Å². The number of nitrogens with two attached hydrogens (primary N) is 1. The van der Waals surface area contributed by atoms with E-state index in [1.807, 2.05) is 35.2 Å². The molecule has 1 saturated heterocycles. The van der Waals surface area contributed by atoms with Crippen LogP contribution in [0.3, 0.4) is 0 Å². The van der Waals surface area contributed by atoms with Gasteiger partial charge in [0, 0.05) is 31.6 Å². The SMILES string of the molecule is NCC1CNCCN1C(=O)c1ccc2ccccc2n1. The largest absolute Gasteiger partial charge is 0.331 e. The van der Waals surface area contributed by atoms with Gasteiger partial charge in [0.05, 0.1) is 11.6 Å². The molecular weight excluding hydrogens is 252 g/mol. The van der Waals surface area contributed by atoms with E-state index >= 15 is 0 Å². The lowest BCUT2D eigenvalue weighted by Crippen LogP contribution is -2.56. The molecule has 1 aromatic carbocycles. The molecule has 1 aliphatic heterocycles. The number of rotatable bonds is 2. The molecular formula is C15H18N4O. The van der Waals surface area contributed by atoms with E-state index in [2.05, 4.69) is 10.3 Å². The van der Waals surface area contributed by atoms with Crippen molar-refractivity contribution < 1.29 is 4.79 Å². The van der Waals surface area contributed by atoms with Gasteiger partial charge in [0.25, 0.3) is 5.91 Å². The molecule has 0 aliphatic carbocycles. The Morgan fingerprint density at radius 3 is 3.05 bits per heavy atom. The summed E-state index contributed by atoms with van der Waals surface area (Å²) in [7, 11) is 0. The molecule has 5 heteroatoms. The van der Waals surface area contributed by atoms with Crippen LogP contribution in [0.15, 0.2) is 36.4 Å². The van der Waals surface area contributed by atoms with Gasteiger partial charge in [-0.15, -0.1) is 0 Å². The predicted molar refractivity (Wildman–Crippen MR) is 78.5 cm³/mol. The summed E-state index contributed by atoms with van der Waals surface area (Å²) in [4.78, 5) is 18.9. The van der Waals surface area contributed by atoms with Crippen molar-refractivity contribution in [2.75, 3.05) is 26.2 Å². The first-order chi connectivity index (χ1) is 9.79. The number of fused-ring (bicyclic) bond motifs is 1. The summed E-state index contributed by atoms with van der Waals surface area (Å²) in [6, 6.07) is 11.6. The average molecular weight is 270 g/mol. The molecule has 20 heavy (non-hydrogen) atoms. The van der Waals surface area contributed by atoms with Gasteiger partial charge >= 0.3 is 0 Å². The molecule has 1 aromatic heterocycles. The van der Waals surface area contributed by atoms with E-state index in [1.54, 1.807) is 6.07 Å². The third-order valence-electron chi connectivity index (χ3n) is 3.70. The van der Waals surface area contributed by atoms with E-state index in [4.69, 9.17) is 5.73 Å². The number of hydrogen-bond acceptors (Lipinski definition) is 4. The van der Waals surface area contributed by atoms with E-state index in [9.17, 15) is 4.79 Å². The van der Waals surface area contributed by atoms with Crippen LogP contribution in [0.1, 0.15) is 10.5 Å². The van der Waals surface area contributed by atoms with Crippen molar-refractivity contribution in [3.63, 3.8) is 0 Å². The number of aromatic nitrogens is 1. The number of nitrogens with one attached hydrogen (secondary N) is 1. The van der Waals surface area contributed by atoms with Crippen molar-refractivity contribution in [3.05, 3.63) is 42.1 Å². The third kappa shape index (κ3) is 2.37. The van der Waals surface area contributed by atoms with E-state index in [0.29, 0.717) is 18.8 Å². The molecule has 1 atom stereocenters. The first kappa shape index (κ1) is 13.0. The third-order valence-corrected chi connectivity index (χ3v) is 3.70. The van der Waals surface area contributed by atoms with Crippen molar-refractivity contribution in [3.8, 4) is 0 Å². The summed E-state index contributed by atoms with van der Waals surface area (Å²) in [5.74, 6) is -0.0345. The number of carbonyl (C=O) groups excluding carboxylic acids is 1. The summed E-state index contributed by atoms with van der Waals surface area (Å²) < 4.78 is 0. The molecule has 2 aromatic rings. The van der Waals surface area contributed by atoms with Gasteiger partial charge in [0.2, 0.25) is 0 Å². The number of amides is 1. The van der Waals surface area contributed by atoms with E-state index < -0.39 is 0 Å². The van der Waals surface area contributed by atoms with Crippen LogP contribution in [0.2, 0.25) is 0 Å². The fraction of sp³-hybridized carbons (Fsp3) is 0.333. The van der Waals surface area contributed by atoms with Gasteiger partial charge in [-0.25, -0.2) is 4.98 Å². The molecule has 1 aliphatic rings. The minimum absolute atomic E-state index is 0.0345. The zero-order valence-corrected chi connectivity index (χ0v) is 11.2. The molecule has 1 fully saturated rings. The van der Waals surface area contributed by atoms with E-state index in [1.165, 1.54) is 0 Å². The van der Waals surface area contributed by atoms with Crippen molar-refractivity contribution in [1.82, 2.24) is 15.2 Å². The Balaban J connectivity index is 1.91. The molecule has 104 valence electrons. The Bertz CT molecular complexity index is 628. The van der Waals surface area contributed by atoms with Gasteiger partial charge in [0.1, 0.15) is 5.69 Å². The Morgan fingerprint density at radius 2 is 2.20 bits per heavy atom. The van der Waals surface area contributed by atoms with Crippen LogP contribution in [-0.2, 0) is 0 Å². The Labute approximate surface area is 117 Å². The van der Waals surface area contributed by atoms with Gasteiger partial charge in [-0.3, -0.25) is 4.79 Å². The van der Waals surface area contributed by atoms with Crippen LogP contribution < -0.4 is 11.1 Å². The number of carbonyl (C=O) groups is 1. The molecule has 1 unspecified atom stereocenters. The summed E-state index contributed by atoms with van der Waals surface area (Å²) in [5.41, 5.74) is 7.08. The monoisotopic (exact) mass is 270 g/mol. The topological polar surface area (TPSA) is 71.2 Å². The second-order valence-corrected chi connectivity index (χ2v) is 4.98. The van der Waals surface area contributed by atoms with Crippen LogP contribution in [0.5, 0.6) is 0 Å². The molecule has 5 nitrogen and oxygen atoms in total. The van der Waals surface area contributed by atoms with Gasteiger partial charge in [-0.1, -0.05) is 24.3 Å². The zero-order chi connectivity index (χ0) is 13.9. The van der Waals surface area contributed by atoms with Gasteiger partial charge in [-0.2, -0.15) is 0 Å². The van der Waals surface area contributed by atoms with Crippen LogP contribution in [0.4, 0.5) is 0 Å². The number of piperazine rings is 1. The van der Waals surface area contributed by atoms with E-state index in [-0.39, 0.29) is 11.9 Å². The highest BCUT2D eigenvalue weighted by Crippen LogP contribution is 2.14. The van der Waals surface area contributed by atoms with Gasteiger partial charge < -0.3 is 16.0 Å². The van der Waals surface area contributed by atoms with Crippen LogP contribution in [-0.4, -0.2) is 48.0 Å². The first-order valence-corrected chi connectivity index (χ1v) is 6.87. The highest BCUT2D eigenvalue weighted by molar-refractivity contribution is 5.95. The number of hydrogen-bond donors (Lipinski definition) is 2. The normalized spacial score (nSPS) is 19.2. The maximum atomic E-state index is 12.6. The van der Waals surface area contributed by atoms with Crippen LogP contribution >= 0.6 is 0 Å². The zero-order valence-electron chi connectivity index (χ0n) is 11.2. The van der Waals surface area contributed by atoms with Gasteiger partial charge in [-0.05, 0) is 12.1 Å². The minimum Gasteiger partial charge on any atom is -0.331 e. The second kappa shape index (κ2) is 5.56. The Hall–Kier alpha value is -1.98. The summed E-state index contributed by atoms with van der Waals surface area (Å²) in [6.45, 7) is 2.69. The predicted octanol–water partition coefficient (Wildman–Crippen LogP) is 0.608. The number of para-hydroxylation sites is 1. The van der Waals surface area contributed by atoms with Crippen molar-refractivity contribution in [2.45, 2.75) is 6.04 Å². The van der Waals surface area contributed by atoms with Gasteiger partial charge in [0.15, 0.2) is 0 Å². The number of pyridine rings is 1. The number of benzene rings is 1. The lowest BCUT2D eigenvalue weighted by molar-refractivity contribution is 0.0639. The maximum Gasteiger partial charge on any atom is 0.272 e. The lowest BCUT2D eigenvalue weighted by atomic mass is 10.1. The fourth-order valence-electron chi connectivity index (χ4n) is 2.57.